The summed E-state index contributed by atoms with van der Waals surface area (Å²) in [5, 5.41) is 26.7. The zero-order valence-corrected chi connectivity index (χ0v) is 27.7. The SMILES string of the molecule is Cc1c(Nc2nccc3cc(CN4CC(C(=O)O)C4)cnc23)cccc1-c1cccc(NC(=O)c2ccc(CN3CC[C@@H](O)C3)cn2)c1Cl. The van der Waals surface area contributed by atoms with E-state index in [1.807, 2.05) is 55.6 Å². The molecule has 1 atom stereocenters. The largest absolute Gasteiger partial charge is 0.481 e. The Bertz CT molecular complexity index is 2030. The predicted molar refractivity (Wildman–Crippen MR) is 189 cm³/mol. The van der Waals surface area contributed by atoms with E-state index in [4.69, 9.17) is 21.7 Å². The number of carbonyl (C=O) groups excluding carboxylic acids is 1. The molecule has 250 valence electrons. The van der Waals surface area contributed by atoms with Crippen LogP contribution in [-0.4, -0.2) is 79.1 Å². The molecule has 49 heavy (non-hydrogen) atoms. The molecule has 0 bridgehead atoms. The van der Waals surface area contributed by atoms with E-state index in [0.29, 0.717) is 49.3 Å². The minimum Gasteiger partial charge on any atom is -0.481 e. The summed E-state index contributed by atoms with van der Waals surface area (Å²) in [5.74, 6) is -0.794. The number of anilines is 3. The second-order valence-corrected chi connectivity index (χ2v) is 13.1. The number of benzene rings is 2. The molecule has 0 saturated carbocycles. The van der Waals surface area contributed by atoms with Crippen LogP contribution in [0.5, 0.6) is 0 Å². The van der Waals surface area contributed by atoms with Gasteiger partial charge >= 0.3 is 5.97 Å². The van der Waals surface area contributed by atoms with Gasteiger partial charge in [-0.15, -0.1) is 0 Å². The average Bonchev–Trinajstić information content (AvgIpc) is 3.48. The first-order chi connectivity index (χ1) is 23.7. The molecule has 12 heteroatoms. The van der Waals surface area contributed by atoms with Crippen molar-refractivity contribution in [1.82, 2.24) is 24.8 Å². The number of halogens is 1. The Labute approximate surface area is 288 Å². The summed E-state index contributed by atoms with van der Waals surface area (Å²) in [6.45, 7) is 5.90. The number of rotatable bonds is 10. The van der Waals surface area contributed by atoms with Crippen molar-refractivity contribution >= 4 is 51.6 Å². The van der Waals surface area contributed by atoms with Crippen LogP contribution in [0.2, 0.25) is 5.02 Å². The van der Waals surface area contributed by atoms with Gasteiger partial charge in [0, 0.05) is 74.5 Å². The summed E-state index contributed by atoms with van der Waals surface area (Å²) >= 11 is 6.92. The molecular weight excluding hydrogens is 642 g/mol. The Hall–Kier alpha value is -4.94. The monoisotopic (exact) mass is 677 g/mol. The number of carbonyl (C=O) groups is 2. The van der Waals surface area contributed by atoms with E-state index in [-0.39, 0.29) is 23.6 Å². The van der Waals surface area contributed by atoms with E-state index in [1.165, 1.54) is 0 Å². The molecule has 11 nitrogen and oxygen atoms in total. The third-order valence-corrected chi connectivity index (χ3v) is 9.61. The highest BCUT2D eigenvalue weighted by Gasteiger charge is 2.32. The number of hydrogen-bond donors (Lipinski definition) is 4. The van der Waals surface area contributed by atoms with Crippen LogP contribution >= 0.6 is 11.6 Å². The van der Waals surface area contributed by atoms with Gasteiger partial charge in [0.2, 0.25) is 0 Å². The van der Waals surface area contributed by atoms with Crippen molar-refractivity contribution < 1.29 is 19.8 Å². The zero-order chi connectivity index (χ0) is 34.1. The number of β-amino-alcohol motifs (C(OH)–C–C–N with tert-alkyl or cyclic N) is 1. The molecule has 1 amide bonds. The molecule has 2 aliphatic heterocycles. The third kappa shape index (κ3) is 7.11. The lowest BCUT2D eigenvalue weighted by atomic mass is 9.98. The Morgan fingerprint density at radius 2 is 1.65 bits per heavy atom. The van der Waals surface area contributed by atoms with Crippen LogP contribution in [-0.2, 0) is 17.9 Å². The van der Waals surface area contributed by atoms with Gasteiger partial charge in [-0.05, 0) is 65.9 Å². The molecule has 0 spiro atoms. The number of fused-ring (bicyclic) bond motifs is 1. The van der Waals surface area contributed by atoms with Crippen LogP contribution in [0.15, 0.2) is 79.3 Å². The minimum absolute atomic E-state index is 0.282. The standard InChI is InChI=1S/C37H36ClN7O4/c1-22-28(29-5-3-7-31(33(29)38)43-36(47)32-9-8-23(15-40-32)17-44-13-11-27(46)21-44)4-2-6-30(22)42-35-34-25(10-12-39-35)14-24(16-41-34)18-45-19-26(20-45)37(48)49/h2-10,12,14-16,26-27,46H,11,13,17-21H2,1H3,(H,39,42)(H,43,47)(H,48,49)/t27-/m1/s1. The summed E-state index contributed by atoms with van der Waals surface area (Å²) in [5.41, 5.74) is 6.91. The van der Waals surface area contributed by atoms with Crippen LogP contribution < -0.4 is 10.6 Å². The van der Waals surface area contributed by atoms with Crippen LogP contribution in [0, 0.1) is 12.8 Å². The number of aliphatic hydroxyl groups is 1. The lowest BCUT2D eigenvalue weighted by Crippen LogP contribution is -2.49. The molecule has 4 N–H and O–H groups in total. The number of amides is 1. The molecule has 2 fully saturated rings. The molecule has 0 aliphatic carbocycles. The fourth-order valence-electron chi connectivity index (χ4n) is 6.48. The maximum Gasteiger partial charge on any atom is 0.309 e. The topological polar surface area (TPSA) is 144 Å². The van der Waals surface area contributed by atoms with E-state index < -0.39 is 5.97 Å². The Balaban J connectivity index is 1.06. The summed E-state index contributed by atoms with van der Waals surface area (Å²) in [4.78, 5) is 42.2. The molecule has 5 heterocycles. The Morgan fingerprint density at radius 3 is 2.39 bits per heavy atom. The van der Waals surface area contributed by atoms with E-state index in [0.717, 1.165) is 57.4 Å². The quantitative estimate of drug-likeness (QED) is 0.145. The molecule has 0 unspecified atom stereocenters. The molecule has 3 aromatic heterocycles. The Kier molecular flexibility index (Phi) is 9.24. The third-order valence-electron chi connectivity index (χ3n) is 9.20. The maximum absolute atomic E-state index is 13.2. The van der Waals surface area contributed by atoms with Crippen LogP contribution in [0.4, 0.5) is 17.2 Å². The van der Waals surface area contributed by atoms with Gasteiger partial charge < -0.3 is 20.8 Å². The molecule has 2 aromatic carbocycles. The highest BCUT2D eigenvalue weighted by Crippen LogP contribution is 2.38. The van der Waals surface area contributed by atoms with Crippen molar-refractivity contribution in [1.29, 1.82) is 0 Å². The summed E-state index contributed by atoms with van der Waals surface area (Å²) in [6, 6.07) is 19.0. The van der Waals surface area contributed by atoms with Crippen LogP contribution in [0.25, 0.3) is 22.0 Å². The zero-order valence-electron chi connectivity index (χ0n) is 26.9. The normalized spacial score (nSPS) is 16.8. The Morgan fingerprint density at radius 1 is 0.898 bits per heavy atom. The minimum atomic E-state index is -0.748. The number of nitrogens with zero attached hydrogens (tertiary/aromatic N) is 5. The first-order valence-corrected chi connectivity index (χ1v) is 16.6. The second kappa shape index (κ2) is 13.9. The molecule has 0 radical (unpaired) electrons. The number of nitrogens with one attached hydrogen (secondary N) is 2. The van der Waals surface area contributed by atoms with Gasteiger partial charge in [0.25, 0.3) is 5.91 Å². The van der Waals surface area contributed by atoms with Crippen LogP contribution in [0.1, 0.15) is 33.6 Å². The smallest absolute Gasteiger partial charge is 0.309 e. The van der Waals surface area contributed by atoms with Gasteiger partial charge in [0.05, 0.1) is 22.7 Å². The predicted octanol–water partition coefficient (Wildman–Crippen LogP) is 5.73. The number of aromatic nitrogens is 3. The summed E-state index contributed by atoms with van der Waals surface area (Å²) in [7, 11) is 0. The number of carboxylic acid groups (broad SMARTS) is 1. The average molecular weight is 678 g/mol. The molecular formula is C37H36ClN7O4. The van der Waals surface area contributed by atoms with E-state index in [2.05, 4.69) is 36.5 Å². The highest BCUT2D eigenvalue weighted by molar-refractivity contribution is 6.36. The number of carboxylic acids is 1. The van der Waals surface area contributed by atoms with E-state index in [1.54, 1.807) is 24.5 Å². The van der Waals surface area contributed by atoms with Crippen molar-refractivity contribution in [3.63, 3.8) is 0 Å². The van der Waals surface area contributed by atoms with Crippen LogP contribution in [0.3, 0.4) is 0 Å². The van der Waals surface area contributed by atoms with Gasteiger partial charge in [-0.2, -0.15) is 0 Å². The first kappa shape index (κ1) is 32.6. The molecule has 2 saturated heterocycles. The van der Waals surface area contributed by atoms with Gasteiger partial charge in [-0.3, -0.25) is 29.4 Å². The molecule has 5 aromatic rings. The summed E-state index contributed by atoms with van der Waals surface area (Å²) < 4.78 is 0. The van der Waals surface area contributed by atoms with E-state index >= 15 is 0 Å². The van der Waals surface area contributed by atoms with Gasteiger partial charge in [0.15, 0.2) is 5.82 Å². The number of pyridine rings is 3. The number of hydrogen-bond acceptors (Lipinski definition) is 9. The van der Waals surface area contributed by atoms with Gasteiger partial charge in [-0.1, -0.05) is 41.9 Å². The van der Waals surface area contributed by atoms with Crippen molar-refractivity contribution in [3.8, 4) is 11.1 Å². The van der Waals surface area contributed by atoms with Gasteiger partial charge in [0.1, 0.15) is 11.2 Å². The number of aliphatic carboxylic acids is 1. The van der Waals surface area contributed by atoms with Crippen molar-refractivity contribution in [2.45, 2.75) is 32.5 Å². The maximum atomic E-state index is 13.2. The van der Waals surface area contributed by atoms with E-state index in [9.17, 15) is 14.7 Å². The van der Waals surface area contributed by atoms with Crippen molar-refractivity contribution in [2.24, 2.45) is 5.92 Å². The fraction of sp³-hybridized carbons (Fsp3) is 0.270. The first-order valence-electron chi connectivity index (χ1n) is 16.2. The highest BCUT2D eigenvalue weighted by atomic mass is 35.5. The molecule has 7 rings (SSSR count). The van der Waals surface area contributed by atoms with Gasteiger partial charge in [-0.25, -0.2) is 4.98 Å². The molecule has 2 aliphatic rings. The number of likely N-dealkylation sites (tertiary alicyclic amines) is 2. The van der Waals surface area contributed by atoms with Crippen molar-refractivity contribution in [2.75, 3.05) is 36.8 Å². The summed E-state index contributed by atoms with van der Waals surface area (Å²) in [6.07, 6.45) is 5.74. The van der Waals surface area contributed by atoms with Crippen molar-refractivity contribution in [3.05, 3.63) is 107 Å². The lowest BCUT2D eigenvalue weighted by molar-refractivity contribution is -0.147. The second-order valence-electron chi connectivity index (χ2n) is 12.8. The lowest BCUT2D eigenvalue weighted by Gasteiger charge is -2.36. The fourth-order valence-corrected chi connectivity index (χ4v) is 6.75. The number of aliphatic hydroxyl groups excluding tert-OH is 1.